The second kappa shape index (κ2) is 12.3. The molecule has 1 amide bonds. The fourth-order valence-corrected chi connectivity index (χ4v) is 5.32. The molecular weight excluding hydrogens is 507 g/mol. The van der Waals surface area contributed by atoms with Crippen LogP contribution in [0.25, 0.3) is 32.6 Å². The Balaban J connectivity index is 1.32. The van der Waals surface area contributed by atoms with Crippen LogP contribution in [0.3, 0.4) is 0 Å². The third-order valence-corrected chi connectivity index (χ3v) is 7.15. The number of nitrogens with one attached hydrogen (secondary N) is 2. The number of alkyl carbamates (subject to hydrolysis) is 1. The number of ether oxygens (including phenoxy) is 3. The van der Waals surface area contributed by atoms with Gasteiger partial charge in [0.15, 0.2) is 0 Å². The third kappa shape index (κ3) is 5.93. The Morgan fingerprint density at radius 1 is 1.08 bits per heavy atom. The molecule has 38 heavy (non-hydrogen) atoms. The Hall–Kier alpha value is -3.60. The molecule has 2 N–H and O–H groups in total. The van der Waals surface area contributed by atoms with Crippen LogP contribution in [0.5, 0.6) is 5.75 Å². The van der Waals surface area contributed by atoms with E-state index in [0.717, 1.165) is 40.9 Å². The number of carbonyl (C=O) groups is 1. The van der Waals surface area contributed by atoms with Gasteiger partial charge in [0.1, 0.15) is 29.6 Å². The average molecular weight is 537 g/mol. The van der Waals surface area contributed by atoms with Gasteiger partial charge in [-0.25, -0.2) is 9.18 Å². The molecule has 5 rings (SSSR count). The summed E-state index contributed by atoms with van der Waals surface area (Å²) < 4.78 is 31.3. The molecule has 2 aromatic heterocycles. The first-order valence-corrected chi connectivity index (χ1v) is 13.5. The minimum Gasteiger partial charge on any atom is -0.490 e. The summed E-state index contributed by atoms with van der Waals surface area (Å²) in [5.74, 6) is -0.0323. The quantitative estimate of drug-likeness (QED) is 0.277. The molecule has 1 aliphatic heterocycles. The molecule has 0 saturated carbocycles. The van der Waals surface area contributed by atoms with Crippen LogP contribution < -0.4 is 15.4 Å². The Bertz CT molecular complexity index is 1430. The lowest BCUT2D eigenvalue weighted by molar-refractivity contribution is 0.0982. The number of amides is 1. The van der Waals surface area contributed by atoms with Crippen LogP contribution in [-0.4, -0.2) is 55.8 Å². The lowest BCUT2D eigenvalue weighted by Gasteiger charge is -2.18. The number of nitrogens with zero attached hydrogens (tertiary/aromatic N) is 2. The van der Waals surface area contributed by atoms with Crippen molar-refractivity contribution in [1.82, 2.24) is 20.8 Å². The SMILES string of the molecule is CCOC(=O)NCCOCCOc1cc(F)ccc1-c1nnc(-c2ccc3c(c2)CCNC3)c2ccsc12. The van der Waals surface area contributed by atoms with Crippen molar-refractivity contribution < 1.29 is 23.4 Å². The van der Waals surface area contributed by atoms with Gasteiger partial charge < -0.3 is 24.8 Å². The van der Waals surface area contributed by atoms with Gasteiger partial charge in [-0.2, -0.15) is 0 Å². The Morgan fingerprint density at radius 2 is 1.97 bits per heavy atom. The van der Waals surface area contributed by atoms with Gasteiger partial charge in [0, 0.05) is 35.7 Å². The van der Waals surface area contributed by atoms with Gasteiger partial charge in [-0.15, -0.1) is 21.5 Å². The van der Waals surface area contributed by atoms with E-state index < -0.39 is 11.9 Å². The number of thiophene rings is 1. The molecule has 0 fully saturated rings. The highest BCUT2D eigenvalue weighted by Gasteiger charge is 2.19. The summed E-state index contributed by atoms with van der Waals surface area (Å²) in [7, 11) is 0. The molecule has 0 spiro atoms. The van der Waals surface area contributed by atoms with Crippen LogP contribution in [0.15, 0.2) is 47.8 Å². The summed E-state index contributed by atoms with van der Waals surface area (Å²) in [6, 6.07) is 12.9. The summed E-state index contributed by atoms with van der Waals surface area (Å²) in [5, 5.41) is 18.2. The van der Waals surface area contributed by atoms with Crippen molar-refractivity contribution in [2.24, 2.45) is 0 Å². The molecule has 0 radical (unpaired) electrons. The predicted molar refractivity (Wildman–Crippen MR) is 145 cm³/mol. The third-order valence-electron chi connectivity index (χ3n) is 6.23. The maximum atomic E-state index is 14.2. The molecule has 4 aromatic rings. The molecule has 0 atom stereocenters. The first-order valence-electron chi connectivity index (χ1n) is 12.6. The van der Waals surface area contributed by atoms with E-state index in [0.29, 0.717) is 36.8 Å². The van der Waals surface area contributed by atoms with Gasteiger partial charge in [-0.3, -0.25) is 0 Å². The Kier molecular flexibility index (Phi) is 8.42. The van der Waals surface area contributed by atoms with E-state index in [1.54, 1.807) is 24.3 Å². The van der Waals surface area contributed by atoms with Gasteiger partial charge in [-0.1, -0.05) is 12.1 Å². The van der Waals surface area contributed by atoms with Crippen molar-refractivity contribution in [1.29, 1.82) is 0 Å². The molecule has 0 bridgehead atoms. The highest BCUT2D eigenvalue weighted by atomic mass is 32.1. The fraction of sp³-hybridized carbons (Fsp3) is 0.321. The van der Waals surface area contributed by atoms with Crippen molar-refractivity contribution in [2.45, 2.75) is 19.9 Å². The topological polar surface area (TPSA) is 94.6 Å². The number of rotatable bonds is 10. The minimum atomic E-state index is -0.479. The molecule has 0 unspecified atom stereocenters. The standard InChI is InChI=1S/C28H29FN4O4S/c1-2-36-28(34)31-10-11-35-12-13-37-24-16-21(29)5-6-22(24)26-27-23(8-14-38-27)25(32-33-26)19-3-4-20-17-30-9-7-18(20)15-19/h3-6,8,14-16,30H,2,7,9-13,17H2,1H3,(H,31,34). The van der Waals surface area contributed by atoms with E-state index in [9.17, 15) is 9.18 Å². The first-order chi connectivity index (χ1) is 18.6. The van der Waals surface area contributed by atoms with E-state index in [4.69, 9.17) is 14.2 Å². The largest absolute Gasteiger partial charge is 0.490 e. The molecule has 0 aliphatic carbocycles. The minimum absolute atomic E-state index is 0.207. The monoisotopic (exact) mass is 536 g/mol. The summed E-state index contributed by atoms with van der Waals surface area (Å²) in [5.41, 5.74) is 5.84. The molecule has 10 heteroatoms. The highest BCUT2D eigenvalue weighted by Crippen LogP contribution is 2.39. The van der Waals surface area contributed by atoms with Gasteiger partial charge in [-0.05, 0) is 60.7 Å². The van der Waals surface area contributed by atoms with Crippen LogP contribution in [0, 0.1) is 5.82 Å². The normalized spacial score (nSPS) is 12.8. The Morgan fingerprint density at radius 3 is 2.87 bits per heavy atom. The number of fused-ring (bicyclic) bond motifs is 2. The molecule has 198 valence electrons. The molecule has 3 heterocycles. The molecular formula is C28H29FN4O4S. The first kappa shape index (κ1) is 26.0. The van der Waals surface area contributed by atoms with Crippen LogP contribution in [0.2, 0.25) is 0 Å². The van der Waals surface area contributed by atoms with E-state index >= 15 is 0 Å². The zero-order valence-corrected chi connectivity index (χ0v) is 21.9. The molecule has 8 nitrogen and oxygen atoms in total. The van der Waals surface area contributed by atoms with Gasteiger partial charge in [0.2, 0.25) is 0 Å². The van der Waals surface area contributed by atoms with Gasteiger partial charge in [0.25, 0.3) is 0 Å². The van der Waals surface area contributed by atoms with Crippen LogP contribution in [-0.2, 0) is 22.4 Å². The van der Waals surface area contributed by atoms with Crippen molar-refractivity contribution in [2.75, 3.05) is 39.5 Å². The van der Waals surface area contributed by atoms with Crippen molar-refractivity contribution in [3.63, 3.8) is 0 Å². The summed E-state index contributed by atoms with van der Waals surface area (Å²) >= 11 is 1.57. The predicted octanol–water partition coefficient (Wildman–Crippen LogP) is 4.95. The molecule has 0 saturated heterocycles. The summed E-state index contributed by atoms with van der Waals surface area (Å²) in [4.78, 5) is 11.3. The Labute approximate surface area is 224 Å². The van der Waals surface area contributed by atoms with E-state index in [1.165, 1.54) is 23.3 Å². The van der Waals surface area contributed by atoms with E-state index in [1.807, 2.05) is 5.38 Å². The van der Waals surface area contributed by atoms with Gasteiger partial charge >= 0.3 is 6.09 Å². The van der Waals surface area contributed by atoms with Crippen LogP contribution in [0.4, 0.5) is 9.18 Å². The zero-order chi connectivity index (χ0) is 26.3. The van der Waals surface area contributed by atoms with Crippen molar-refractivity contribution in [3.05, 3.63) is 64.8 Å². The zero-order valence-electron chi connectivity index (χ0n) is 21.1. The summed E-state index contributed by atoms with van der Waals surface area (Å²) in [6.45, 7) is 5.02. The lowest BCUT2D eigenvalue weighted by Crippen LogP contribution is -2.28. The average Bonchev–Trinajstić information content (AvgIpc) is 3.42. The van der Waals surface area contributed by atoms with Crippen molar-refractivity contribution >= 4 is 27.5 Å². The highest BCUT2D eigenvalue weighted by molar-refractivity contribution is 7.17. The van der Waals surface area contributed by atoms with Crippen molar-refractivity contribution in [3.8, 4) is 28.3 Å². The van der Waals surface area contributed by atoms with Crippen LogP contribution >= 0.6 is 11.3 Å². The second-order valence-corrected chi connectivity index (χ2v) is 9.64. The number of halogens is 1. The van der Waals surface area contributed by atoms with E-state index in [2.05, 4.69) is 45.1 Å². The molecule has 2 aromatic carbocycles. The van der Waals surface area contributed by atoms with Crippen LogP contribution in [0.1, 0.15) is 18.1 Å². The molecule has 1 aliphatic rings. The number of hydrogen-bond donors (Lipinski definition) is 2. The number of aromatic nitrogens is 2. The number of benzene rings is 2. The maximum Gasteiger partial charge on any atom is 0.407 e. The maximum absolute atomic E-state index is 14.2. The fourth-order valence-electron chi connectivity index (χ4n) is 4.42. The summed E-state index contributed by atoms with van der Waals surface area (Å²) in [6.07, 6.45) is 0.510. The van der Waals surface area contributed by atoms with Gasteiger partial charge in [0.05, 0.1) is 24.5 Å². The number of hydrogen-bond acceptors (Lipinski definition) is 8. The second-order valence-electron chi connectivity index (χ2n) is 8.72. The van der Waals surface area contributed by atoms with E-state index in [-0.39, 0.29) is 13.2 Å². The lowest BCUT2D eigenvalue weighted by atomic mass is 9.96. The smallest absolute Gasteiger partial charge is 0.407 e. The number of carbonyl (C=O) groups excluding carboxylic acids is 1.